The van der Waals surface area contributed by atoms with E-state index in [0.717, 1.165) is 33.6 Å². The summed E-state index contributed by atoms with van der Waals surface area (Å²) in [6, 6.07) is 16.8. The summed E-state index contributed by atoms with van der Waals surface area (Å²) < 4.78 is 44.9. The molecule has 0 saturated carbocycles. The molecule has 2 aromatic carbocycles. The Morgan fingerprint density at radius 1 is 1.09 bits per heavy atom. The van der Waals surface area contributed by atoms with Crippen LogP contribution in [0, 0.1) is 0 Å². The zero-order valence-electron chi connectivity index (χ0n) is 17.5. The molecule has 0 atom stereocenters. The molecule has 0 fully saturated rings. The van der Waals surface area contributed by atoms with Crippen LogP contribution in [0.15, 0.2) is 66.1 Å². The van der Waals surface area contributed by atoms with Gasteiger partial charge in [0.25, 0.3) is 0 Å². The molecule has 0 radical (unpaired) electrons. The lowest BCUT2D eigenvalue weighted by atomic mass is 9.94. The van der Waals surface area contributed by atoms with Gasteiger partial charge in [-0.25, -0.2) is 4.79 Å². The number of alkyl halides is 3. The Hall–Kier alpha value is -3.40. The highest BCUT2D eigenvalue weighted by atomic mass is 32.2. The van der Waals surface area contributed by atoms with Crippen molar-refractivity contribution in [1.29, 1.82) is 0 Å². The summed E-state index contributed by atoms with van der Waals surface area (Å²) in [7, 11) is 0. The van der Waals surface area contributed by atoms with Gasteiger partial charge >= 0.3 is 12.1 Å². The van der Waals surface area contributed by atoms with Gasteiger partial charge in [-0.3, -0.25) is 9.55 Å². The minimum atomic E-state index is -4.41. The monoisotopic (exact) mass is 472 g/mol. The van der Waals surface area contributed by atoms with Gasteiger partial charge in [0.1, 0.15) is 12.9 Å². The number of esters is 1. The van der Waals surface area contributed by atoms with Gasteiger partial charge in [-0.05, 0) is 18.6 Å². The van der Waals surface area contributed by atoms with Crippen LogP contribution in [-0.4, -0.2) is 38.5 Å². The van der Waals surface area contributed by atoms with E-state index in [1.807, 2.05) is 54.6 Å². The topological polar surface area (TPSA) is 69.9 Å². The van der Waals surface area contributed by atoms with Gasteiger partial charge in [-0.15, -0.1) is 10.2 Å². The number of hydrogen-bond acceptors (Lipinski definition) is 6. The highest BCUT2D eigenvalue weighted by molar-refractivity contribution is 7.98. The lowest BCUT2D eigenvalue weighted by Gasteiger charge is -2.17. The number of pyridine rings is 1. The maximum Gasteiger partial charge on any atom is 0.406 e. The Morgan fingerprint density at radius 2 is 1.82 bits per heavy atom. The van der Waals surface area contributed by atoms with Gasteiger partial charge in [-0.2, -0.15) is 13.2 Å². The molecule has 170 valence electrons. The first-order valence-electron chi connectivity index (χ1n) is 10.1. The summed E-state index contributed by atoms with van der Waals surface area (Å²) in [4.78, 5) is 17.7. The van der Waals surface area contributed by atoms with Gasteiger partial charge in [0.05, 0.1) is 23.4 Å². The SMILES string of the molecule is CCOC(=O)c1c(CSc2nncn2CC(F)(F)F)nc2ccccc2c1-c1ccccc1. The fraction of sp³-hybridized carbons (Fsp3) is 0.217. The van der Waals surface area contributed by atoms with Crippen molar-refractivity contribution in [2.45, 2.75) is 30.6 Å². The van der Waals surface area contributed by atoms with E-state index in [-0.39, 0.29) is 23.1 Å². The van der Waals surface area contributed by atoms with E-state index in [0.29, 0.717) is 16.8 Å². The molecule has 4 rings (SSSR count). The molecule has 4 aromatic rings. The normalized spacial score (nSPS) is 11.6. The minimum Gasteiger partial charge on any atom is -0.462 e. The molecule has 0 aliphatic carbocycles. The fourth-order valence-corrected chi connectivity index (χ4v) is 4.34. The van der Waals surface area contributed by atoms with Gasteiger partial charge in [0.15, 0.2) is 5.16 Å². The van der Waals surface area contributed by atoms with Crippen molar-refractivity contribution in [2.75, 3.05) is 6.61 Å². The van der Waals surface area contributed by atoms with Crippen LogP contribution in [0.25, 0.3) is 22.0 Å². The molecule has 0 aliphatic heterocycles. The number of nitrogens with zero attached hydrogens (tertiary/aromatic N) is 4. The van der Waals surface area contributed by atoms with Crippen molar-refractivity contribution >= 4 is 28.6 Å². The van der Waals surface area contributed by atoms with Crippen LogP contribution < -0.4 is 0 Å². The molecule has 2 heterocycles. The molecule has 10 heteroatoms. The number of thioether (sulfide) groups is 1. The number of para-hydroxylation sites is 1. The van der Waals surface area contributed by atoms with Crippen LogP contribution in [0.5, 0.6) is 0 Å². The third-order valence-corrected chi connectivity index (χ3v) is 5.77. The average molecular weight is 472 g/mol. The van der Waals surface area contributed by atoms with Gasteiger partial charge in [-0.1, -0.05) is 60.3 Å². The number of aromatic nitrogens is 4. The minimum absolute atomic E-state index is 0.0818. The summed E-state index contributed by atoms with van der Waals surface area (Å²) in [5.74, 6) is -0.433. The molecule has 6 nitrogen and oxygen atoms in total. The molecular weight excluding hydrogens is 453 g/mol. The predicted molar refractivity (Wildman–Crippen MR) is 119 cm³/mol. The molecule has 0 N–H and O–H groups in total. The van der Waals surface area contributed by atoms with E-state index < -0.39 is 18.7 Å². The van der Waals surface area contributed by atoms with E-state index in [1.54, 1.807) is 6.92 Å². The average Bonchev–Trinajstić information content (AvgIpc) is 3.22. The first-order chi connectivity index (χ1) is 15.9. The Bertz CT molecular complexity index is 1280. The summed E-state index contributed by atoms with van der Waals surface area (Å²) in [5.41, 5.74) is 2.84. The van der Waals surface area contributed by atoms with E-state index in [2.05, 4.69) is 15.2 Å². The Kier molecular flexibility index (Phi) is 6.64. The quantitative estimate of drug-likeness (QED) is 0.260. The number of carbonyl (C=O) groups is 1. The maximum absolute atomic E-state index is 13.1. The Balaban J connectivity index is 1.82. The van der Waals surface area contributed by atoms with Crippen LogP contribution in [0.3, 0.4) is 0 Å². The molecule has 33 heavy (non-hydrogen) atoms. The van der Waals surface area contributed by atoms with E-state index >= 15 is 0 Å². The number of benzene rings is 2. The molecule has 0 unspecified atom stereocenters. The van der Waals surface area contributed by atoms with Crippen molar-refractivity contribution in [1.82, 2.24) is 19.7 Å². The fourth-order valence-electron chi connectivity index (χ4n) is 3.49. The number of hydrogen-bond donors (Lipinski definition) is 0. The predicted octanol–water partition coefficient (Wildman–Crippen LogP) is 5.52. The zero-order chi connectivity index (χ0) is 23.4. The summed E-state index contributed by atoms with van der Waals surface area (Å²) >= 11 is 1.03. The molecule has 0 amide bonds. The largest absolute Gasteiger partial charge is 0.462 e. The lowest BCUT2D eigenvalue weighted by molar-refractivity contribution is -0.142. The van der Waals surface area contributed by atoms with E-state index in [9.17, 15) is 18.0 Å². The number of halogens is 3. The Labute approximate surface area is 191 Å². The van der Waals surface area contributed by atoms with Crippen LogP contribution in [0.4, 0.5) is 13.2 Å². The second-order valence-electron chi connectivity index (χ2n) is 7.06. The third-order valence-electron chi connectivity index (χ3n) is 4.78. The molecular formula is C23H19F3N4O2S. The smallest absolute Gasteiger partial charge is 0.406 e. The Morgan fingerprint density at radius 3 is 2.55 bits per heavy atom. The first-order valence-corrected chi connectivity index (χ1v) is 11.1. The van der Waals surface area contributed by atoms with E-state index in [1.165, 1.54) is 0 Å². The molecule has 0 spiro atoms. The van der Waals surface area contributed by atoms with Crippen LogP contribution >= 0.6 is 11.8 Å². The highest BCUT2D eigenvalue weighted by Crippen LogP contribution is 2.36. The van der Waals surface area contributed by atoms with E-state index in [4.69, 9.17) is 4.74 Å². The molecule has 0 bridgehead atoms. The molecule has 2 aromatic heterocycles. The van der Waals surface area contributed by atoms with Crippen molar-refractivity contribution in [3.8, 4) is 11.1 Å². The first kappa shape index (κ1) is 22.8. The number of carbonyl (C=O) groups excluding carboxylic acids is 1. The van der Waals surface area contributed by atoms with Gasteiger partial charge in [0.2, 0.25) is 0 Å². The van der Waals surface area contributed by atoms with Crippen molar-refractivity contribution in [2.24, 2.45) is 0 Å². The van der Waals surface area contributed by atoms with Crippen molar-refractivity contribution in [3.05, 3.63) is 72.2 Å². The second-order valence-corrected chi connectivity index (χ2v) is 8.00. The lowest BCUT2D eigenvalue weighted by Crippen LogP contribution is -2.17. The van der Waals surface area contributed by atoms with Gasteiger partial charge < -0.3 is 4.74 Å². The molecule has 0 saturated heterocycles. The van der Waals surface area contributed by atoms with Crippen LogP contribution in [0.1, 0.15) is 23.0 Å². The van der Waals surface area contributed by atoms with Crippen LogP contribution in [-0.2, 0) is 17.0 Å². The number of rotatable bonds is 7. The molecule has 0 aliphatic rings. The maximum atomic E-state index is 13.1. The van der Waals surface area contributed by atoms with Crippen LogP contribution in [0.2, 0.25) is 0 Å². The number of fused-ring (bicyclic) bond motifs is 1. The summed E-state index contributed by atoms with van der Waals surface area (Å²) in [6.07, 6.45) is -3.37. The van der Waals surface area contributed by atoms with Crippen molar-refractivity contribution in [3.63, 3.8) is 0 Å². The van der Waals surface area contributed by atoms with Gasteiger partial charge in [0, 0.05) is 16.7 Å². The standard InChI is InChI=1S/C23H19F3N4O2S/c1-2-32-21(31)20-18(12-33-22-29-27-14-30(22)13-23(24,25)26)28-17-11-7-6-10-16(17)19(20)15-8-4-3-5-9-15/h3-11,14H,2,12-13H2,1H3. The number of ether oxygens (including phenoxy) is 1. The van der Waals surface area contributed by atoms with Crippen molar-refractivity contribution < 1.29 is 22.7 Å². The zero-order valence-corrected chi connectivity index (χ0v) is 18.4. The summed E-state index contributed by atoms with van der Waals surface area (Å²) in [6.45, 7) is 0.683. The summed E-state index contributed by atoms with van der Waals surface area (Å²) in [5, 5.41) is 8.26. The second kappa shape index (κ2) is 9.62. The highest BCUT2D eigenvalue weighted by Gasteiger charge is 2.30. The third kappa shape index (κ3) is 5.16.